The van der Waals surface area contributed by atoms with Gasteiger partial charge in [0.1, 0.15) is 5.82 Å². The van der Waals surface area contributed by atoms with E-state index >= 15 is 0 Å². The van der Waals surface area contributed by atoms with E-state index in [-0.39, 0.29) is 17.4 Å². The van der Waals surface area contributed by atoms with Gasteiger partial charge in [0.15, 0.2) is 0 Å². The normalized spacial score (nSPS) is 16.2. The van der Waals surface area contributed by atoms with Crippen molar-refractivity contribution in [3.8, 4) is 5.95 Å². The molecule has 168 valence electrons. The Labute approximate surface area is 187 Å². The first-order valence-electron chi connectivity index (χ1n) is 10.3. The number of carbonyl (C=O) groups is 1. The van der Waals surface area contributed by atoms with Crippen LogP contribution in [0.3, 0.4) is 0 Å². The van der Waals surface area contributed by atoms with E-state index in [1.54, 1.807) is 36.7 Å². The Kier molecular flexibility index (Phi) is 5.28. The van der Waals surface area contributed by atoms with E-state index in [4.69, 9.17) is 0 Å². The molecule has 0 radical (unpaired) electrons. The van der Waals surface area contributed by atoms with Crippen LogP contribution in [0.5, 0.6) is 0 Å². The monoisotopic (exact) mass is 454 g/mol. The maximum Gasteiger partial charge on any atom is 0.256 e. The van der Waals surface area contributed by atoms with Crippen LogP contribution in [-0.4, -0.2) is 46.4 Å². The van der Waals surface area contributed by atoms with Crippen molar-refractivity contribution in [3.63, 3.8) is 0 Å². The molecule has 1 N–H and O–H groups in total. The Balaban J connectivity index is 1.67. The summed E-state index contributed by atoms with van der Waals surface area (Å²) in [5, 5.41) is 7.52. The highest BCUT2D eigenvalue weighted by Gasteiger charge is 2.33. The lowest BCUT2D eigenvalue weighted by Gasteiger charge is -2.21. The van der Waals surface area contributed by atoms with Crippen molar-refractivity contribution in [2.45, 2.75) is 45.6 Å². The number of hydrogen-bond acceptors (Lipinski definition) is 6. The number of rotatable bonds is 4. The molecular formula is C22H26N6O3S. The first kappa shape index (κ1) is 21.9. The van der Waals surface area contributed by atoms with Crippen molar-refractivity contribution in [1.82, 2.24) is 19.7 Å². The van der Waals surface area contributed by atoms with E-state index in [0.717, 1.165) is 11.3 Å². The topological polar surface area (TPSA) is 110 Å². The number of fused-ring (bicyclic) bond motifs is 1. The van der Waals surface area contributed by atoms with Gasteiger partial charge < -0.3 is 5.32 Å². The van der Waals surface area contributed by atoms with Gasteiger partial charge in [-0.3, -0.25) is 9.10 Å². The van der Waals surface area contributed by atoms with Crippen LogP contribution in [0.25, 0.3) is 5.95 Å². The van der Waals surface area contributed by atoms with Crippen LogP contribution in [0, 0.1) is 0 Å². The van der Waals surface area contributed by atoms with Gasteiger partial charge in [-0.2, -0.15) is 9.78 Å². The van der Waals surface area contributed by atoms with Gasteiger partial charge in [-0.25, -0.2) is 18.4 Å². The maximum absolute atomic E-state index is 13.1. The minimum Gasteiger partial charge on any atom is -0.306 e. The van der Waals surface area contributed by atoms with Crippen molar-refractivity contribution >= 4 is 27.4 Å². The lowest BCUT2D eigenvalue weighted by atomic mass is 9.92. The Morgan fingerprint density at radius 2 is 1.84 bits per heavy atom. The Morgan fingerprint density at radius 1 is 1.16 bits per heavy atom. The summed E-state index contributed by atoms with van der Waals surface area (Å²) in [6.07, 6.45) is 4.97. The second-order valence-corrected chi connectivity index (χ2v) is 10.9. The highest BCUT2D eigenvalue weighted by molar-refractivity contribution is 7.92. The molecule has 1 aliphatic heterocycles. The summed E-state index contributed by atoms with van der Waals surface area (Å²) in [5.41, 5.74) is 2.43. The Bertz CT molecular complexity index is 1280. The summed E-state index contributed by atoms with van der Waals surface area (Å²) in [7, 11) is -3.39. The van der Waals surface area contributed by atoms with Crippen LogP contribution in [0.4, 0.5) is 11.5 Å². The molecule has 9 nitrogen and oxygen atoms in total. The van der Waals surface area contributed by atoms with Gasteiger partial charge >= 0.3 is 0 Å². The minimum absolute atomic E-state index is 0.190. The van der Waals surface area contributed by atoms with E-state index < -0.39 is 10.0 Å². The highest BCUT2D eigenvalue weighted by Crippen LogP contribution is 2.35. The van der Waals surface area contributed by atoms with E-state index in [1.165, 1.54) is 15.2 Å². The van der Waals surface area contributed by atoms with Crippen LogP contribution in [0.1, 0.15) is 49.3 Å². The Hall–Kier alpha value is -3.27. The third-order valence-electron chi connectivity index (χ3n) is 5.31. The summed E-state index contributed by atoms with van der Waals surface area (Å²) in [6.45, 7) is 7.96. The molecule has 0 aliphatic carbocycles. The highest BCUT2D eigenvalue weighted by atomic mass is 32.2. The molecule has 3 aromatic rings. The number of hydrogen-bond donors (Lipinski definition) is 1. The van der Waals surface area contributed by atoms with Gasteiger partial charge in [0.2, 0.25) is 10.0 Å². The number of carbonyl (C=O) groups excluding carboxylic acids is 1. The maximum atomic E-state index is 13.1. The number of benzene rings is 1. The number of amides is 1. The van der Waals surface area contributed by atoms with Crippen LogP contribution < -0.4 is 9.62 Å². The standard InChI is InChI=1S/C22H26N6O3S/c1-14-11-16-12-15(7-8-17(16)28(14)32(5,30)31)20(29)25-19-13-18(22(2,3)4)26-27(19)21-23-9-6-10-24-21/h6-10,12-14H,11H2,1-5H3,(H,25,29). The molecule has 3 heterocycles. The molecule has 32 heavy (non-hydrogen) atoms. The molecule has 0 saturated heterocycles. The van der Waals surface area contributed by atoms with Crippen molar-refractivity contribution in [2.24, 2.45) is 0 Å². The summed E-state index contributed by atoms with van der Waals surface area (Å²) in [6, 6.07) is 8.40. The molecule has 0 spiro atoms. The van der Waals surface area contributed by atoms with Gasteiger partial charge in [0.25, 0.3) is 11.9 Å². The van der Waals surface area contributed by atoms with Crippen molar-refractivity contribution in [3.05, 3.63) is 59.5 Å². The van der Waals surface area contributed by atoms with Gasteiger partial charge in [0, 0.05) is 35.5 Å². The largest absolute Gasteiger partial charge is 0.306 e. The van der Waals surface area contributed by atoms with Gasteiger partial charge in [0.05, 0.1) is 17.6 Å². The Morgan fingerprint density at radius 3 is 2.47 bits per heavy atom. The molecule has 0 fully saturated rings. The quantitative estimate of drug-likeness (QED) is 0.649. The SMILES string of the molecule is CC1Cc2cc(C(=O)Nc3cc(C(C)(C)C)nn3-c3ncccn3)ccc2N1S(C)(=O)=O. The summed E-state index contributed by atoms with van der Waals surface area (Å²) >= 11 is 0. The smallest absolute Gasteiger partial charge is 0.256 e. The predicted molar refractivity (Wildman–Crippen MR) is 123 cm³/mol. The molecule has 1 atom stereocenters. The molecule has 1 aliphatic rings. The van der Waals surface area contributed by atoms with Crippen LogP contribution in [0.2, 0.25) is 0 Å². The summed E-state index contributed by atoms with van der Waals surface area (Å²) < 4.78 is 27.2. The minimum atomic E-state index is -3.39. The number of nitrogens with zero attached hydrogens (tertiary/aromatic N) is 5. The van der Waals surface area contributed by atoms with Crippen LogP contribution >= 0.6 is 0 Å². The van der Waals surface area contributed by atoms with Crippen LogP contribution in [-0.2, 0) is 21.9 Å². The first-order chi connectivity index (χ1) is 14.9. The fourth-order valence-electron chi connectivity index (χ4n) is 3.83. The lowest BCUT2D eigenvalue weighted by molar-refractivity contribution is 0.102. The van der Waals surface area contributed by atoms with E-state index in [1.807, 2.05) is 33.8 Å². The number of aromatic nitrogens is 4. The third kappa shape index (κ3) is 4.10. The van der Waals surface area contributed by atoms with Crippen molar-refractivity contribution in [2.75, 3.05) is 15.9 Å². The molecule has 0 bridgehead atoms. The first-order valence-corrected chi connectivity index (χ1v) is 12.1. The second kappa shape index (κ2) is 7.70. The number of sulfonamides is 1. The van der Waals surface area contributed by atoms with E-state index in [0.29, 0.717) is 29.4 Å². The van der Waals surface area contributed by atoms with Crippen molar-refractivity contribution < 1.29 is 13.2 Å². The fraction of sp³-hybridized carbons (Fsp3) is 0.364. The van der Waals surface area contributed by atoms with Crippen molar-refractivity contribution in [1.29, 1.82) is 0 Å². The lowest BCUT2D eigenvalue weighted by Crippen LogP contribution is -2.34. The van der Waals surface area contributed by atoms with E-state index in [2.05, 4.69) is 20.4 Å². The van der Waals surface area contributed by atoms with Gasteiger partial charge in [-0.15, -0.1) is 0 Å². The van der Waals surface area contributed by atoms with Gasteiger partial charge in [-0.1, -0.05) is 20.8 Å². The molecule has 2 aromatic heterocycles. The average molecular weight is 455 g/mol. The van der Waals surface area contributed by atoms with Gasteiger partial charge in [-0.05, 0) is 43.2 Å². The number of anilines is 2. The third-order valence-corrected chi connectivity index (χ3v) is 6.58. The summed E-state index contributed by atoms with van der Waals surface area (Å²) in [5.74, 6) is 0.485. The average Bonchev–Trinajstić information content (AvgIpc) is 3.27. The zero-order valence-corrected chi connectivity index (χ0v) is 19.5. The molecule has 1 amide bonds. The second-order valence-electron chi connectivity index (χ2n) is 9.03. The molecule has 1 aromatic carbocycles. The fourth-order valence-corrected chi connectivity index (χ4v) is 5.09. The molecular weight excluding hydrogens is 428 g/mol. The molecule has 0 saturated carbocycles. The summed E-state index contributed by atoms with van der Waals surface area (Å²) in [4.78, 5) is 21.6. The molecule has 4 rings (SSSR count). The molecule has 1 unspecified atom stereocenters. The van der Waals surface area contributed by atoms with Crippen LogP contribution in [0.15, 0.2) is 42.7 Å². The zero-order chi connectivity index (χ0) is 23.3. The molecule has 10 heteroatoms. The predicted octanol–water partition coefficient (Wildman–Crippen LogP) is 2.92. The zero-order valence-electron chi connectivity index (χ0n) is 18.7. The number of nitrogens with one attached hydrogen (secondary N) is 1. The van der Waals surface area contributed by atoms with E-state index in [9.17, 15) is 13.2 Å².